The van der Waals surface area contributed by atoms with E-state index in [1.54, 1.807) is 0 Å². The van der Waals surface area contributed by atoms with Crippen LogP contribution in [0.25, 0.3) is 0 Å². The molecule has 0 aliphatic carbocycles. The summed E-state index contributed by atoms with van der Waals surface area (Å²) in [5.41, 5.74) is -0.587. The Bertz CT molecular complexity index is 645. The molecule has 4 nitrogen and oxygen atoms in total. The van der Waals surface area contributed by atoms with Gasteiger partial charge in [-0.15, -0.1) is 10.2 Å². The molecule has 0 fully saturated rings. The monoisotopic (exact) mass is 301 g/mol. The Labute approximate surface area is 116 Å². The Balaban J connectivity index is 2.17. The van der Waals surface area contributed by atoms with Crippen LogP contribution in [0.5, 0.6) is 0 Å². The zero-order valence-corrected chi connectivity index (χ0v) is 11.2. The molecule has 0 saturated carbocycles. The largest absolute Gasteiger partial charge is 0.296 e. The Kier molecular flexibility index (Phi) is 4.33. The Hall–Kier alpha value is -1.96. The second-order valence-corrected chi connectivity index (χ2v) is 4.99. The van der Waals surface area contributed by atoms with Gasteiger partial charge in [0.05, 0.1) is 5.56 Å². The highest BCUT2D eigenvalue weighted by atomic mass is 32.1. The first-order valence-corrected chi connectivity index (χ1v) is 6.61. The summed E-state index contributed by atoms with van der Waals surface area (Å²) >= 11 is 1.15. The number of anilines is 1. The number of halogens is 3. The normalized spacial score (nSPS) is 10.6. The summed E-state index contributed by atoms with van der Waals surface area (Å²) in [5.74, 6) is -5.46. The van der Waals surface area contributed by atoms with E-state index in [0.717, 1.165) is 28.8 Å². The van der Waals surface area contributed by atoms with Gasteiger partial charge in [-0.25, -0.2) is 13.2 Å². The van der Waals surface area contributed by atoms with E-state index in [1.807, 2.05) is 6.92 Å². The van der Waals surface area contributed by atoms with Crippen molar-refractivity contribution >= 4 is 22.4 Å². The fourth-order valence-corrected chi connectivity index (χ4v) is 2.32. The van der Waals surface area contributed by atoms with Crippen molar-refractivity contribution in [1.82, 2.24) is 10.2 Å². The minimum atomic E-state index is -1.68. The summed E-state index contributed by atoms with van der Waals surface area (Å²) in [6, 6.07) is 1.56. The molecular formula is C12H10F3N3OS. The van der Waals surface area contributed by atoms with E-state index in [1.165, 1.54) is 0 Å². The predicted molar refractivity (Wildman–Crippen MR) is 68.2 cm³/mol. The number of nitrogens with zero attached hydrogens (tertiary/aromatic N) is 2. The standard InChI is InChI=1S/C12H10F3N3OS/c1-2-3-8-17-18-12(20-8)16-11(19)6-4-5-7(13)10(15)9(6)14/h4-5H,2-3H2,1H3,(H,16,18,19). The van der Waals surface area contributed by atoms with Crippen LogP contribution < -0.4 is 5.32 Å². The summed E-state index contributed by atoms with van der Waals surface area (Å²) in [6.07, 6.45) is 1.59. The smallest absolute Gasteiger partial charge is 0.260 e. The first kappa shape index (κ1) is 14.4. The number of rotatable bonds is 4. The second kappa shape index (κ2) is 6.00. The molecule has 2 aromatic rings. The van der Waals surface area contributed by atoms with Gasteiger partial charge < -0.3 is 0 Å². The van der Waals surface area contributed by atoms with Crippen LogP contribution in [0.1, 0.15) is 28.7 Å². The van der Waals surface area contributed by atoms with Gasteiger partial charge in [0.15, 0.2) is 17.5 Å². The van der Waals surface area contributed by atoms with Crippen LogP contribution in [0.3, 0.4) is 0 Å². The van der Waals surface area contributed by atoms with E-state index in [9.17, 15) is 18.0 Å². The van der Waals surface area contributed by atoms with Crippen molar-refractivity contribution in [2.45, 2.75) is 19.8 Å². The van der Waals surface area contributed by atoms with Crippen molar-refractivity contribution in [2.24, 2.45) is 0 Å². The van der Waals surface area contributed by atoms with Gasteiger partial charge in [-0.2, -0.15) is 0 Å². The SMILES string of the molecule is CCCc1nnc(NC(=O)c2ccc(F)c(F)c2F)s1. The lowest BCUT2D eigenvalue weighted by atomic mass is 10.2. The van der Waals surface area contributed by atoms with Crippen LogP contribution >= 0.6 is 11.3 Å². The maximum absolute atomic E-state index is 13.4. The van der Waals surface area contributed by atoms with Gasteiger partial charge in [0.2, 0.25) is 5.13 Å². The maximum atomic E-state index is 13.4. The molecule has 0 saturated heterocycles. The zero-order chi connectivity index (χ0) is 14.7. The van der Waals surface area contributed by atoms with Gasteiger partial charge >= 0.3 is 0 Å². The molecule has 106 valence electrons. The van der Waals surface area contributed by atoms with E-state index < -0.39 is 28.9 Å². The lowest BCUT2D eigenvalue weighted by Gasteiger charge is -2.03. The lowest BCUT2D eigenvalue weighted by molar-refractivity contribution is 0.102. The number of aryl methyl sites for hydroxylation is 1. The number of aromatic nitrogens is 2. The minimum absolute atomic E-state index is 0.183. The van der Waals surface area contributed by atoms with Crippen molar-refractivity contribution in [1.29, 1.82) is 0 Å². The molecule has 1 N–H and O–H groups in total. The number of carbonyl (C=O) groups is 1. The maximum Gasteiger partial charge on any atom is 0.260 e. The van der Waals surface area contributed by atoms with Gasteiger partial charge in [0.1, 0.15) is 5.01 Å². The van der Waals surface area contributed by atoms with Gasteiger partial charge in [-0.05, 0) is 18.6 Å². The molecular weight excluding hydrogens is 291 g/mol. The average molecular weight is 301 g/mol. The molecule has 20 heavy (non-hydrogen) atoms. The molecule has 0 radical (unpaired) electrons. The molecule has 0 atom stereocenters. The van der Waals surface area contributed by atoms with Crippen LogP contribution in [0.15, 0.2) is 12.1 Å². The van der Waals surface area contributed by atoms with E-state index in [-0.39, 0.29) is 5.13 Å². The van der Waals surface area contributed by atoms with Crippen LogP contribution in [0.4, 0.5) is 18.3 Å². The summed E-state index contributed by atoms with van der Waals surface area (Å²) in [5, 5.41) is 10.8. The molecule has 0 spiro atoms. The van der Waals surface area contributed by atoms with Crippen molar-refractivity contribution in [3.05, 3.63) is 40.2 Å². The third kappa shape index (κ3) is 2.96. The minimum Gasteiger partial charge on any atom is -0.296 e. The number of benzene rings is 1. The highest BCUT2D eigenvalue weighted by Crippen LogP contribution is 2.20. The molecule has 0 bridgehead atoms. The highest BCUT2D eigenvalue weighted by molar-refractivity contribution is 7.15. The summed E-state index contributed by atoms with van der Waals surface area (Å²) < 4.78 is 39.2. The Morgan fingerprint density at radius 3 is 2.70 bits per heavy atom. The predicted octanol–water partition coefficient (Wildman–Crippen LogP) is 3.16. The molecule has 0 unspecified atom stereocenters. The molecule has 1 aromatic carbocycles. The lowest BCUT2D eigenvalue weighted by Crippen LogP contribution is -2.15. The summed E-state index contributed by atoms with van der Waals surface area (Å²) in [6.45, 7) is 1.97. The highest BCUT2D eigenvalue weighted by Gasteiger charge is 2.19. The summed E-state index contributed by atoms with van der Waals surface area (Å²) in [4.78, 5) is 11.8. The number of hydrogen-bond donors (Lipinski definition) is 1. The van der Waals surface area contributed by atoms with E-state index in [0.29, 0.717) is 12.5 Å². The van der Waals surface area contributed by atoms with Crippen molar-refractivity contribution in [2.75, 3.05) is 5.32 Å². The van der Waals surface area contributed by atoms with Gasteiger partial charge in [0, 0.05) is 6.42 Å². The van der Waals surface area contributed by atoms with Crippen LogP contribution in [-0.4, -0.2) is 16.1 Å². The summed E-state index contributed by atoms with van der Waals surface area (Å²) in [7, 11) is 0. The quantitative estimate of drug-likeness (QED) is 0.883. The fourth-order valence-electron chi connectivity index (χ4n) is 1.48. The number of nitrogens with one attached hydrogen (secondary N) is 1. The van der Waals surface area contributed by atoms with Gasteiger partial charge in [-0.3, -0.25) is 10.1 Å². The van der Waals surface area contributed by atoms with E-state index in [2.05, 4.69) is 15.5 Å². The van der Waals surface area contributed by atoms with E-state index in [4.69, 9.17) is 0 Å². The zero-order valence-electron chi connectivity index (χ0n) is 10.4. The van der Waals surface area contributed by atoms with Crippen LogP contribution in [0.2, 0.25) is 0 Å². The van der Waals surface area contributed by atoms with Crippen molar-refractivity contribution in [3.63, 3.8) is 0 Å². The van der Waals surface area contributed by atoms with Crippen molar-refractivity contribution in [3.8, 4) is 0 Å². The second-order valence-electron chi connectivity index (χ2n) is 3.93. The third-order valence-corrected chi connectivity index (χ3v) is 3.33. The third-order valence-electron chi connectivity index (χ3n) is 2.43. The topological polar surface area (TPSA) is 54.9 Å². The van der Waals surface area contributed by atoms with Crippen LogP contribution in [-0.2, 0) is 6.42 Å². The average Bonchev–Trinajstić information content (AvgIpc) is 2.84. The van der Waals surface area contributed by atoms with Crippen molar-refractivity contribution < 1.29 is 18.0 Å². The van der Waals surface area contributed by atoms with E-state index >= 15 is 0 Å². The fraction of sp³-hybridized carbons (Fsp3) is 0.250. The number of carbonyl (C=O) groups excluding carboxylic acids is 1. The first-order chi connectivity index (χ1) is 9.52. The molecule has 0 aliphatic rings. The first-order valence-electron chi connectivity index (χ1n) is 5.80. The molecule has 1 aromatic heterocycles. The Morgan fingerprint density at radius 2 is 2.00 bits per heavy atom. The molecule has 1 heterocycles. The number of amides is 1. The van der Waals surface area contributed by atoms with Gasteiger partial charge in [0.25, 0.3) is 5.91 Å². The molecule has 8 heteroatoms. The van der Waals surface area contributed by atoms with Crippen LogP contribution in [0, 0.1) is 17.5 Å². The Morgan fingerprint density at radius 1 is 1.25 bits per heavy atom. The van der Waals surface area contributed by atoms with Gasteiger partial charge in [-0.1, -0.05) is 18.3 Å². The number of hydrogen-bond acceptors (Lipinski definition) is 4. The molecule has 0 aliphatic heterocycles. The molecule has 1 amide bonds. The molecule has 2 rings (SSSR count).